The third-order valence-corrected chi connectivity index (χ3v) is 2.38. The van der Waals surface area contributed by atoms with Crippen molar-refractivity contribution in [2.75, 3.05) is 6.54 Å². The minimum atomic E-state index is 0.356. The molecule has 1 aromatic rings. The molecular formula is C12H16ClN. The fraction of sp³-hybridized carbons (Fsp3) is 0.333. The molecule has 1 rings (SSSR count). The van der Waals surface area contributed by atoms with Gasteiger partial charge >= 0.3 is 0 Å². The molecule has 0 amide bonds. The number of hydrogen-bond donors (Lipinski definition) is 1. The van der Waals surface area contributed by atoms with Crippen LogP contribution >= 0.6 is 11.6 Å². The summed E-state index contributed by atoms with van der Waals surface area (Å²) in [6, 6.07) is 8.31. The van der Waals surface area contributed by atoms with E-state index in [1.807, 2.05) is 18.2 Å². The first kappa shape index (κ1) is 11.3. The molecule has 1 N–H and O–H groups in total. The second-order valence-electron chi connectivity index (χ2n) is 3.19. The van der Waals surface area contributed by atoms with Crippen LogP contribution in [0.2, 0.25) is 5.02 Å². The van der Waals surface area contributed by atoms with Crippen molar-refractivity contribution in [2.45, 2.75) is 19.4 Å². The molecule has 14 heavy (non-hydrogen) atoms. The van der Waals surface area contributed by atoms with Gasteiger partial charge in [-0.3, -0.25) is 0 Å². The molecule has 1 nitrogen and oxygen atoms in total. The van der Waals surface area contributed by atoms with Crippen LogP contribution in [-0.4, -0.2) is 6.54 Å². The van der Waals surface area contributed by atoms with Crippen LogP contribution in [0.5, 0.6) is 0 Å². The lowest BCUT2D eigenvalue weighted by Gasteiger charge is -2.16. The SMILES string of the molecule is C=CCC(NCC)c1ccc(Cl)cc1. The van der Waals surface area contributed by atoms with E-state index >= 15 is 0 Å². The largest absolute Gasteiger partial charge is 0.310 e. The average molecular weight is 210 g/mol. The summed E-state index contributed by atoms with van der Waals surface area (Å²) in [5.41, 5.74) is 1.26. The summed E-state index contributed by atoms with van der Waals surface area (Å²) in [7, 11) is 0. The van der Waals surface area contributed by atoms with Gasteiger partial charge in [0.1, 0.15) is 0 Å². The van der Waals surface area contributed by atoms with Crippen LogP contribution in [0, 0.1) is 0 Å². The lowest BCUT2D eigenvalue weighted by atomic mass is 10.0. The third-order valence-electron chi connectivity index (χ3n) is 2.13. The Hall–Kier alpha value is -0.790. The van der Waals surface area contributed by atoms with Gasteiger partial charge in [-0.2, -0.15) is 0 Å². The number of halogens is 1. The van der Waals surface area contributed by atoms with E-state index in [0.717, 1.165) is 18.0 Å². The molecule has 0 spiro atoms. The molecule has 0 heterocycles. The van der Waals surface area contributed by atoms with Crippen LogP contribution < -0.4 is 5.32 Å². The molecule has 0 fully saturated rings. The molecule has 0 saturated heterocycles. The molecule has 1 aromatic carbocycles. The van der Waals surface area contributed by atoms with E-state index in [9.17, 15) is 0 Å². The Kier molecular flexibility index (Phi) is 4.71. The van der Waals surface area contributed by atoms with Crippen LogP contribution in [0.15, 0.2) is 36.9 Å². The fourth-order valence-corrected chi connectivity index (χ4v) is 1.57. The van der Waals surface area contributed by atoms with Gasteiger partial charge in [0.05, 0.1) is 0 Å². The van der Waals surface area contributed by atoms with E-state index in [2.05, 4.69) is 31.0 Å². The Balaban J connectivity index is 2.76. The summed E-state index contributed by atoms with van der Waals surface area (Å²) >= 11 is 5.83. The molecule has 2 heteroatoms. The van der Waals surface area contributed by atoms with Gasteiger partial charge in [0.15, 0.2) is 0 Å². The minimum absolute atomic E-state index is 0.356. The van der Waals surface area contributed by atoms with Gasteiger partial charge in [0, 0.05) is 11.1 Å². The van der Waals surface area contributed by atoms with Crippen molar-refractivity contribution in [1.82, 2.24) is 5.32 Å². The van der Waals surface area contributed by atoms with E-state index in [1.54, 1.807) is 0 Å². The molecule has 0 bridgehead atoms. The molecule has 0 aliphatic rings. The number of nitrogens with one attached hydrogen (secondary N) is 1. The first-order valence-electron chi connectivity index (χ1n) is 4.87. The Morgan fingerprint density at radius 2 is 2.07 bits per heavy atom. The number of hydrogen-bond acceptors (Lipinski definition) is 1. The van der Waals surface area contributed by atoms with Gasteiger partial charge in [-0.25, -0.2) is 0 Å². The zero-order valence-electron chi connectivity index (χ0n) is 8.46. The molecule has 76 valence electrons. The monoisotopic (exact) mass is 209 g/mol. The second-order valence-corrected chi connectivity index (χ2v) is 3.62. The van der Waals surface area contributed by atoms with Crippen molar-refractivity contribution in [3.05, 3.63) is 47.5 Å². The summed E-state index contributed by atoms with van der Waals surface area (Å²) < 4.78 is 0. The summed E-state index contributed by atoms with van der Waals surface area (Å²) in [6.07, 6.45) is 2.87. The highest BCUT2D eigenvalue weighted by atomic mass is 35.5. The number of benzene rings is 1. The van der Waals surface area contributed by atoms with Crippen molar-refractivity contribution in [3.8, 4) is 0 Å². The van der Waals surface area contributed by atoms with Crippen molar-refractivity contribution < 1.29 is 0 Å². The molecule has 0 aliphatic carbocycles. The lowest BCUT2D eigenvalue weighted by molar-refractivity contribution is 0.559. The second kappa shape index (κ2) is 5.84. The highest BCUT2D eigenvalue weighted by Crippen LogP contribution is 2.19. The summed E-state index contributed by atoms with van der Waals surface area (Å²) in [5, 5.41) is 4.19. The zero-order chi connectivity index (χ0) is 10.4. The lowest BCUT2D eigenvalue weighted by Crippen LogP contribution is -2.20. The number of rotatable bonds is 5. The Bertz CT molecular complexity index is 279. The van der Waals surface area contributed by atoms with Crippen molar-refractivity contribution in [2.24, 2.45) is 0 Å². The predicted molar refractivity (Wildman–Crippen MR) is 62.7 cm³/mol. The predicted octanol–water partition coefficient (Wildman–Crippen LogP) is 3.57. The van der Waals surface area contributed by atoms with E-state index in [0.29, 0.717) is 6.04 Å². The van der Waals surface area contributed by atoms with Gasteiger partial charge in [-0.1, -0.05) is 36.7 Å². The maximum absolute atomic E-state index is 5.83. The summed E-state index contributed by atoms with van der Waals surface area (Å²) in [6.45, 7) is 6.82. The summed E-state index contributed by atoms with van der Waals surface area (Å²) in [4.78, 5) is 0. The molecule has 0 aromatic heterocycles. The van der Waals surface area contributed by atoms with Crippen LogP contribution in [0.1, 0.15) is 24.9 Å². The fourth-order valence-electron chi connectivity index (χ4n) is 1.45. The summed E-state index contributed by atoms with van der Waals surface area (Å²) in [5.74, 6) is 0. The van der Waals surface area contributed by atoms with Crippen molar-refractivity contribution >= 4 is 11.6 Å². The highest BCUT2D eigenvalue weighted by molar-refractivity contribution is 6.30. The Labute approximate surface area is 90.8 Å². The molecule has 1 unspecified atom stereocenters. The normalized spacial score (nSPS) is 12.4. The van der Waals surface area contributed by atoms with E-state index in [-0.39, 0.29) is 0 Å². The standard InChI is InChI=1S/C12H16ClN/c1-3-5-12(14-4-2)10-6-8-11(13)9-7-10/h3,6-9,12,14H,1,4-5H2,2H3. The van der Waals surface area contributed by atoms with Crippen LogP contribution in [0.25, 0.3) is 0 Å². The quantitative estimate of drug-likeness (QED) is 0.732. The van der Waals surface area contributed by atoms with Crippen LogP contribution in [0.4, 0.5) is 0 Å². The Morgan fingerprint density at radius 3 is 2.57 bits per heavy atom. The van der Waals surface area contributed by atoms with Crippen molar-refractivity contribution in [3.63, 3.8) is 0 Å². The molecule has 0 radical (unpaired) electrons. The Morgan fingerprint density at radius 1 is 1.43 bits per heavy atom. The molecule has 0 saturated carbocycles. The van der Waals surface area contributed by atoms with Crippen LogP contribution in [-0.2, 0) is 0 Å². The van der Waals surface area contributed by atoms with E-state index < -0.39 is 0 Å². The minimum Gasteiger partial charge on any atom is -0.310 e. The topological polar surface area (TPSA) is 12.0 Å². The van der Waals surface area contributed by atoms with Gasteiger partial charge < -0.3 is 5.32 Å². The molecule has 1 atom stereocenters. The molecule has 0 aliphatic heterocycles. The third kappa shape index (κ3) is 3.17. The highest BCUT2D eigenvalue weighted by Gasteiger charge is 2.07. The van der Waals surface area contributed by atoms with E-state index in [1.165, 1.54) is 5.56 Å². The maximum Gasteiger partial charge on any atom is 0.0406 e. The van der Waals surface area contributed by atoms with Gasteiger partial charge in [-0.05, 0) is 30.7 Å². The van der Waals surface area contributed by atoms with Gasteiger partial charge in [0.2, 0.25) is 0 Å². The molecular weight excluding hydrogens is 194 g/mol. The van der Waals surface area contributed by atoms with Crippen LogP contribution in [0.3, 0.4) is 0 Å². The smallest absolute Gasteiger partial charge is 0.0406 e. The van der Waals surface area contributed by atoms with E-state index in [4.69, 9.17) is 11.6 Å². The maximum atomic E-state index is 5.83. The zero-order valence-corrected chi connectivity index (χ0v) is 9.22. The first-order valence-corrected chi connectivity index (χ1v) is 5.25. The average Bonchev–Trinajstić information content (AvgIpc) is 2.19. The van der Waals surface area contributed by atoms with Gasteiger partial charge in [0.25, 0.3) is 0 Å². The first-order chi connectivity index (χ1) is 6.77. The van der Waals surface area contributed by atoms with Crippen molar-refractivity contribution in [1.29, 1.82) is 0 Å². The van der Waals surface area contributed by atoms with Gasteiger partial charge in [-0.15, -0.1) is 6.58 Å².